The van der Waals surface area contributed by atoms with Gasteiger partial charge in [0.25, 0.3) is 0 Å². The Labute approximate surface area is 157 Å². The first-order valence-corrected chi connectivity index (χ1v) is 9.49. The van der Waals surface area contributed by atoms with E-state index in [0.717, 1.165) is 30.6 Å². The van der Waals surface area contributed by atoms with Crippen molar-refractivity contribution in [1.82, 2.24) is 19.5 Å². The Bertz CT molecular complexity index is 941. The molecule has 0 N–H and O–H groups in total. The van der Waals surface area contributed by atoms with Gasteiger partial charge in [0.05, 0.1) is 13.2 Å². The first-order chi connectivity index (χ1) is 13.3. The second kappa shape index (κ2) is 6.87. The number of fused-ring (bicyclic) bond motifs is 3. The van der Waals surface area contributed by atoms with Gasteiger partial charge in [-0.1, -0.05) is 30.3 Å². The van der Waals surface area contributed by atoms with Crippen molar-refractivity contribution < 1.29 is 9.53 Å². The van der Waals surface area contributed by atoms with E-state index in [4.69, 9.17) is 4.74 Å². The zero-order valence-corrected chi connectivity index (χ0v) is 15.1. The van der Waals surface area contributed by atoms with Crippen LogP contribution < -0.4 is 0 Å². The summed E-state index contributed by atoms with van der Waals surface area (Å²) in [6, 6.07) is 14.9. The lowest BCUT2D eigenvalue weighted by Crippen LogP contribution is -2.57. The molecule has 6 nitrogen and oxygen atoms in total. The molecule has 2 fully saturated rings. The smallest absolute Gasteiger partial charge is 0.167 e. The van der Waals surface area contributed by atoms with Crippen molar-refractivity contribution in [3.05, 3.63) is 66.1 Å². The van der Waals surface area contributed by atoms with Gasteiger partial charge in [-0.3, -0.25) is 14.1 Å². The zero-order valence-electron chi connectivity index (χ0n) is 15.1. The summed E-state index contributed by atoms with van der Waals surface area (Å²) in [5.74, 6) is 0.270. The SMILES string of the molecule is O=C(c1ccc2nncn2c1)C1CC2COCC(C1)N2Cc1ccccc1. The van der Waals surface area contributed by atoms with Crippen LogP contribution in [0.5, 0.6) is 0 Å². The fraction of sp³-hybridized carbons (Fsp3) is 0.381. The highest BCUT2D eigenvalue weighted by atomic mass is 16.5. The molecular weight excluding hydrogens is 340 g/mol. The van der Waals surface area contributed by atoms with E-state index in [-0.39, 0.29) is 11.7 Å². The van der Waals surface area contributed by atoms with E-state index in [2.05, 4.69) is 39.4 Å². The van der Waals surface area contributed by atoms with E-state index < -0.39 is 0 Å². The lowest BCUT2D eigenvalue weighted by atomic mass is 9.80. The number of hydrogen-bond acceptors (Lipinski definition) is 5. The molecule has 6 heteroatoms. The summed E-state index contributed by atoms with van der Waals surface area (Å²) in [7, 11) is 0. The number of piperidine rings is 1. The number of carbonyl (C=O) groups excluding carboxylic acids is 1. The van der Waals surface area contributed by atoms with Crippen LogP contribution in [0.3, 0.4) is 0 Å². The van der Waals surface area contributed by atoms with Crippen LogP contribution in [0.2, 0.25) is 0 Å². The average Bonchev–Trinajstić information content (AvgIpc) is 3.16. The van der Waals surface area contributed by atoms with Gasteiger partial charge in [-0.15, -0.1) is 10.2 Å². The van der Waals surface area contributed by atoms with Crippen molar-refractivity contribution in [2.24, 2.45) is 5.92 Å². The number of aromatic nitrogens is 3. The highest BCUT2D eigenvalue weighted by molar-refractivity contribution is 5.98. The van der Waals surface area contributed by atoms with Crippen LogP contribution in [0.1, 0.15) is 28.8 Å². The number of ketones is 1. The normalized spacial score (nSPS) is 25.6. The van der Waals surface area contributed by atoms with Gasteiger partial charge in [-0.25, -0.2) is 0 Å². The predicted molar refractivity (Wildman–Crippen MR) is 100 cm³/mol. The minimum atomic E-state index is 0.0462. The quantitative estimate of drug-likeness (QED) is 0.668. The van der Waals surface area contributed by atoms with Crippen molar-refractivity contribution in [1.29, 1.82) is 0 Å². The summed E-state index contributed by atoms with van der Waals surface area (Å²) in [6.45, 7) is 2.34. The van der Waals surface area contributed by atoms with Gasteiger partial charge in [0.2, 0.25) is 0 Å². The van der Waals surface area contributed by atoms with E-state index in [1.165, 1.54) is 5.56 Å². The number of morpholine rings is 1. The summed E-state index contributed by atoms with van der Waals surface area (Å²) in [4.78, 5) is 15.7. The maximum atomic E-state index is 13.1. The molecule has 1 aromatic carbocycles. The third-order valence-electron chi connectivity index (χ3n) is 5.83. The molecule has 2 aliphatic rings. The molecule has 0 aliphatic carbocycles. The maximum absolute atomic E-state index is 13.1. The molecule has 2 saturated heterocycles. The summed E-state index contributed by atoms with van der Waals surface area (Å²) in [5, 5.41) is 7.90. The second-order valence-electron chi connectivity index (χ2n) is 7.55. The van der Waals surface area contributed by atoms with Crippen LogP contribution in [0, 0.1) is 5.92 Å². The van der Waals surface area contributed by atoms with Crippen LogP contribution in [-0.2, 0) is 11.3 Å². The molecule has 4 heterocycles. The van der Waals surface area contributed by atoms with Gasteiger partial charge in [0.15, 0.2) is 11.4 Å². The molecule has 2 bridgehead atoms. The van der Waals surface area contributed by atoms with Crippen LogP contribution in [0.15, 0.2) is 55.0 Å². The molecule has 2 unspecified atom stereocenters. The number of hydrogen-bond donors (Lipinski definition) is 0. The maximum Gasteiger partial charge on any atom is 0.167 e. The van der Waals surface area contributed by atoms with Crippen LogP contribution in [0.4, 0.5) is 0 Å². The first-order valence-electron chi connectivity index (χ1n) is 9.49. The lowest BCUT2D eigenvalue weighted by molar-refractivity contribution is -0.0872. The van der Waals surface area contributed by atoms with Crippen LogP contribution in [0.25, 0.3) is 5.65 Å². The topological polar surface area (TPSA) is 59.7 Å². The fourth-order valence-electron chi connectivity index (χ4n) is 4.47. The number of carbonyl (C=O) groups is 1. The minimum Gasteiger partial charge on any atom is -0.378 e. The Hall–Kier alpha value is -2.57. The third kappa shape index (κ3) is 3.15. The molecule has 3 aromatic rings. The van der Waals surface area contributed by atoms with E-state index in [1.807, 2.05) is 28.8 Å². The number of nitrogens with zero attached hydrogens (tertiary/aromatic N) is 4. The van der Waals surface area contributed by atoms with Crippen LogP contribution >= 0.6 is 0 Å². The van der Waals surface area contributed by atoms with Crippen LogP contribution in [-0.4, -0.2) is 50.6 Å². The van der Waals surface area contributed by atoms with Crippen molar-refractivity contribution in [2.45, 2.75) is 31.5 Å². The largest absolute Gasteiger partial charge is 0.378 e. The Morgan fingerprint density at radius 3 is 2.63 bits per heavy atom. The van der Waals surface area contributed by atoms with Gasteiger partial charge in [-0.2, -0.15) is 0 Å². The molecule has 0 spiro atoms. The summed E-state index contributed by atoms with van der Waals surface area (Å²) in [6.07, 6.45) is 5.18. The highest BCUT2D eigenvalue weighted by Gasteiger charge is 2.41. The Morgan fingerprint density at radius 1 is 1.07 bits per heavy atom. The molecule has 0 saturated carbocycles. The molecule has 138 valence electrons. The average molecular weight is 362 g/mol. The van der Waals surface area contributed by atoms with Crippen molar-refractivity contribution >= 4 is 11.4 Å². The molecule has 27 heavy (non-hydrogen) atoms. The lowest BCUT2D eigenvalue weighted by Gasteiger charge is -2.48. The Morgan fingerprint density at radius 2 is 1.85 bits per heavy atom. The zero-order chi connectivity index (χ0) is 18.2. The molecular formula is C21H22N4O2. The molecule has 5 rings (SSSR count). The molecule has 2 aliphatic heterocycles. The minimum absolute atomic E-state index is 0.0462. The van der Waals surface area contributed by atoms with Crippen molar-refractivity contribution in [2.75, 3.05) is 13.2 Å². The second-order valence-corrected chi connectivity index (χ2v) is 7.55. The Kier molecular flexibility index (Phi) is 4.22. The number of Topliss-reactive ketones (excluding diaryl/α,β-unsaturated/α-hetero) is 1. The van der Waals surface area contributed by atoms with E-state index in [0.29, 0.717) is 25.3 Å². The molecule has 0 amide bonds. The van der Waals surface area contributed by atoms with E-state index in [9.17, 15) is 4.79 Å². The van der Waals surface area contributed by atoms with Gasteiger partial charge in [-0.05, 0) is 30.5 Å². The van der Waals surface area contributed by atoms with Gasteiger partial charge < -0.3 is 4.74 Å². The van der Waals surface area contributed by atoms with E-state index in [1.54, 1.807) is 6.33 Å². The van der Waals surface area contributed by atoms with Crippen molar-refractivity contribution in [3.63, 3.8) is 0 Å². The summed E-state index contributed by atoms with van der Waals surface area (Å²) < 4.78 is 7.62. The van der Waals surface area contributed by atoms with E-state index >= 15 is 0 Å². The third-order valence-corrected chi connectivity index (χ3v) is 5.83. The van der Waals surface area contributed by atoms with Gasteiger partial charge in [0, 0.05) is 36.3 Å². The monoisotopic (exact) mass is 362 g/mol. The standard InChI is InChI=1S/C21H22N4O2/c26-21(16-6-7-20-23-22-14-24(20)11-16)17-8-18-12-27-13-19(9-17)25(18)10-15-4-2-1-3-5-15/h1-7,11,14,17-19H,8-10,12-13H2. The number of ether oxygens (including phenoxy) is 1. The fourth-order valence-corrected chi connectivity index (χ4v) is 4.47. The summed E-state index contributed by atoms with van der Waals surface area (Å²) >= 11 is 0. The number of benzene rings is 1. The van der Waals surface area contributed by atoms with Gasteiger partial charge in [0.1, 0.15) is 6.33 Å². The molecule has 2 atom stereocenters. The molecule has 2 aromatic heterocycles. The molecule has 0 radical (unpaired) electrons. The predicted octanol–water partition coefficient (Wildman–Crippen LogP) is 2.59. The highest BCUT2D eigenvalue weighted by Crippen LogP contribution is 2.34. The first kappa shape index (κ1) is 16.6. The Balaban J connectivity index is 1.35. The van der Waals surface area contributed by atoms with Gasteiger partial charge >= 0.3 is 0 Å². The number of pyridine rings is 1. The number of rotatable bonds is 4. The summed E-state index contributed by atoms with van der Waals surface area (Å²) in [5.41, 5.74) is 2.81. The van der Waals surface area contributed by atoms with Crippen molar-refractivity contribution in [3.8, 4) is 0 Å².